The first-order chi connectivity index (χ1) is 20.0. The van der Waals surface area contributed by atoms with Gasteiger partial charge < -0.3 is 4.90 Å². The maximum absolute atomic E-state index is 6.37. The van der Waals surface area contributed by atoms with Crippen LogP contribution < -0.4 is 4.90 Å². The van der Waals surface area contributed by atoms with Gasteiger partial charge in [-0.2, -0.15) is 0 Å². The molecule has 0 fully saturated rings. The lowest BCUT2D eigenvalue weighted by Crippen LogP contribution is -2.16. The van der Waals surface area contributed by atoms with E-state index < -0.39 is 0 Å². The first-order valence-electron chi connectivity index (χ1n) is 14.1. The molecule has 41 heavy (non-hydrogen) atoms. The number of anilines is 3. The molecule has 0 radical (unpaired) electrons. The highest BCUT2D eigenvalue weighted by Gasteiger charge is 2.35. The van der Waals surface area contributed by atoms with Gasteiger partial charge in [-0.15, -0.1) is 0 Å². The summed E-state index contributed by atoms with van der Waals surface area (Å²) in [5.74, 6) is 0. The van der Waals surface area contributed by atoms with Crippen molar-refractivity contribution in [2.75, 3.05) is 4.90 Å². The molecule has 0 bridgehead atoms. The molecule has 0 spiro atoms. The fraction of sp³-hybridized carbons (Fsp3) is 0.0769. The minimum absolute atomic E-state index is 0.0902. The number of rotatable bonds is 5. The van der Waals surface area contributed by atoms with E-state index >= 15 is 0 Å². The van der Waals surface area contributed by atoms with Crippen LogP contribution in [0.5, 0.6) is 0 Å². The summed E-state index contributed by atoms with van der Waals surface area (Å²) in [4.78, 5) is 2.37. The van der Waals surface area contributed by atoms with E-state index in [-0.39, 0.29) is 5.41 Å². The summed E-state index contributed by atoms with van der Waals surface area (Å²) in [5, 5.41) is 0.724. The molecule has 1 aliphatic carbocycles. The molecule has 1 aliphatic rings. The molecule has 0 heterocycles. The fourth-order valence-corrected chi connectivity index (χ4v) is 6.36. The monoisotopic (exact) mass is 547 g/mol. The van der Waals surface area contributed by atoms with Gasteiger partial charge in [0.25, 0.3) is 0 Å². The van der Waals surface area contributed by atoms with Gasteiger partial charge in [0, 0.05) is 27.4 Å². The Bertz CT molecular complexity index is 1850. The molecule has 0 amide bonds. The van der Waals surface area contributed by atoms with Crippen molar-refractivity contribution in [3.05, 3.63) is 162 Å². The molecular formula is C39H30ClN. The zero-order chi connectivity index (χ0) is 28.0. The Hall–Kier alpha value is -4.59. The number of fused-ring (bicyclic) bond motifs is 3. The van der Waals surface area contributed by atoms with Crippen LogP contribution in [0.1, 0.15) is 25.0 Å². The van der Waals surface area contributed by atoms with Gasteiger partial charge in [0.05, 0.1) is 5.69 Å². The van der Waals surface area contributed by atoms with Crippen molar-refractivity contribution in [1.29, 1.82) is 0 Å². The van der Waals surface area contributed by atoms with Crippen LogP contribution in [0.2, 0.25) is 5.02 Å². The molecule has 7 rings (SSSR count). The predicted octanol–water partition coefficient (Wildman–Crippen LogP) is 11.5. The molecule has 6 aromatic carbocycles. The summed E-state index contributed by atoms with van der Waals surface area (Å²) in [6.45, 7) is 4.66. The fourth-order valence-electron chi connectivity index (χ4n) is 6.24. The molecular weight excluding hydrogens is 518 g/mol. The third-order valence-electron chi connectivity index (χ3n) is 8.34. The van der Waals surface area contributed by atoms with Crippen molar-refractivity contribution in [2.24, 2.45) is 0 Å². The van der Waals surface area contributed by atoms with Crippen molar-refractivity contribution in [3.63, 3.8) is 0 Å². The molecule has 0 unspecified atom stereocenters. The second kappa shape index (κ2) is 10.1. The summed E-state index contributed by atoms with van der Waals surface area (Å²) in [6.07, 6.45) is 0. The van der Waals surface area contributed by atoms with Gasteiger partial charge in [-0.25, -0.2) is 0 Å². The molecule has 0 saturated carbocycles. The standard InChI is InChI=1S/C39H30ClN/c1-39(2)36-16-10-9-15-33(36)34-23-22-32(26-37(34)39)41(31-20-18-30(40)19-21-31)38-24-17-29(27-11-5-3-6-12-27)25-35(38)28-13-7-4-8-14-28/h3-26H,1-2H3. The summed E-state index contributed by atoms with van der Waals surface area (Å²) >= 11 is 6.37. The Morgan fingerprint density at radius 1 is 0.463 bits per heavy atom. The largest absolute Gasteiger partial charge is 0.310 e. The van der Waals surface area contributed by atoms with Crippen molar-refractivity contribution in [3.8, 4) is 33.4 Å². The smallest absolute Gasteiger partial charge is 0.0540 e. The third-order valence-corrected chi connectivity index (χ3v) is 8.59. The lowest BCUT2D eigenvalue weighted by molar-refractivity contribution is 0.660. The third kappa shape index (κ3) is 4.43. The van der Waals surface area contributed by atoms with Gasteiger partial charge in [0.15, 0.2) is 0 Å². The number of halogens is 1. The highest BCUT2D eigenvalue weighted by molar-refractivity contribution is 6.30. The highest BCUT2D eigenvalue weighted by Crippen LogP contribution is 2.51. The molecule has 0 aromatic heterocycles. The van der Waals surface area contributed by atoms with E-state index in [0.717, 1.165) is 22.1 Å². The molecule has 0 N–H and O–H groups in total. The quantitative estimate of drug-likeness (QED) is 0.207. The van der Waals surface area contributed by atoms with Crippen LogP contribution in [-0.4, -0.2) is 0 Å². The van der Waals surface area contributed by atoms with Crippen LogP contribution in [0.15, 0.2) is 146 Å². The molecule has 0 atom stereocenters. The van der Waals surface area contributed by atoms with Crippen LogP contribution in [0, 0.1) is 0 Å². The van der Waals surface area contributed by atoms with Crippen molar-refractivity contribution < 1.29 is 0 Å². The average molecular weight is 548 g/mol. The second-order valence-corrected chi connectivity index (χ2v) is 11.6. The van der Waals surface area contributed by atoms with Crippen LogP contribution in [0.25, 0.3) is 33.4 Å². The lowest BCUT2D eigenvalue weighted by atomic mass is 9.82. The maximum Gasteiger partial charge on any atom is 0.0540 e. The van der Waals surface area contributed by atoms with Crippen molar-refractivity contribution in [2.45, 2.75) is 19.3 Å². The van der Waals surface area contributed by atoms with Gasteiger partial charge in [-0.1, -0.05) is 123 Å². The van der Waals surface area contributed by atoms with Gasteiger partial charge in [0.1, 0.15) is 0 Å². The molecule has 0 aliphatic heterocycles. The van der Waals surface area contributed by atoms with Crippen LogP contribution in [-0.2, 0) is 5.41 Å². The van der Waals surface area contributed by atoms with Crippen LogP contribution in [0.3, 0.4) is 0 Å². The highest BCUT2D eigenvalue weighted by atomic mass is 35.5. The first-order valence-corrected chi connectivity index (χ1v) is 14.4. The topological polar surface area (TPSA) is 3.24 Å². The van der Waals surface area contributed by atoms with E-state index in [1.807, 2.05) is 12.1 Å². The van der Waals surface area contributed by atoms with Crippen LogP contribution >= 0.6 is 11.6 Å². The molecule has 198 valence electrons. The van der Waals surface area contributed by atoms with Gasteiger partial charge in [-0.05, 0) is 87.5 Å². The van der Waals surface area contributed by atoms with Crippen molar-refractivity contribution >= 4 is 28.7 Å². The summed E-state index contributed by atoms with van der Waals surface area (Å²) < 4.78 is 0. The Kier molecular flexibility index (Phi) is 6.26. The SMILES string of the molecule is CC1(C)c2ccccc2-c2ccc(N(c3ccc(Cl)cc3)c3ccc(-c4ccccc4)cc3-c3ccccc3)cc21. The van der Waals surface area contributed by atoms with E-state index in [0.29, 0.717) is 0 Å². The Balaban J connectivity index is 1.46. The van der Waals surface area contributed by atoms with E-state index in [1.54, 1.807) is 0 Å². The lowest BCUT2D eigenvalue weighted by Gasteiger charge is -2.30. The van der Waals surface area contributed by atoms with Gasteiger partial charge >= 0.3 is 0 Å². The minimum Gasteiger partial charge on any atom is -0.310 e. The van der Waals surface area contributed by atoms with E-state index in [4.69, 9.17) is 11.6 Å². The summed E-state index contributed by atoms with van der Waals surface area (Å²) in [7, 11) is 0. The maximum atomic E-state index is 6.37. The summed E-state index contributed by atoms with van der Waals surface area (Å²) in [6, 6.07) is 51.9. The molecule has 6 aromatic rings. The Labute approximate surface area is 247 Å². The van der Waals surface area contributed by atoms with E-state index in [9.17, 15) is 0 Å². The Morgan fingerprint density at radius 2 is 1.07 bits per heavy atom. The van der Waals surface area contributed by atoms with Gasteiger partial charge in [-0.3, -0.25) is 0 Å². The first kappa shape index (κ1) is 25.4. The number of hydrogen-bond acceptors (Lipinski definition) is 1. The normalized spacial score (nSPS) is 13.0. The minimum atomic E-state index is -0.0902. The Morgan fingerprint density at radius 3 is 1.80 bits per heavy atom. The average Bonchev–Trinajstić information content (AvgIpc) is 3.25. The molecule has 0 saturated heterocycles. The van der Waals surface area contributed by atoms with E-state index in [2.05, 4.69) is 152 Å². The van der Waals surface area contributed by atoms with Crippen molar-refractivity contribution in [1.82, 2.24) is 0 Å². The number of nitrogens with zero attached hydrogens (tertiary/aromatic N) is 1. The number of hydrogen-bond donors (Lipinski definition) is 0. The van der Waals surface area contributed by atoms with E-state index in [1.165, 1.54) is 44.5 Å². The molecule has 1 nitrogen and oxygen atoms in total. The molecule has 2 heteroatoms. The summed E-state index contributed by atoms with van der Waals surface area (Å²) in [5.41, 5.74) is 13.3. The zero-order valence-electron chi connectivity index (χ0n) is 23.2. The zero-order valence-corrected chi connectivity index (χ0v) is 23.9. The second-order valence-electron chi connectivity index (χ2n) is 11.2. The number of benzene rings is 6. The predicted molar refractivity (Wildman–Crippen MR) is 175 cm³/mol. The van der Waals surface area contributed by atoms with Crippen LogP contribution in [0.4, 0.5) is 17.1 Å². The van der Waals surface area contributed by atoms with Gasteiger partial charge in [0.2, 0.25) is 0 Å².